The largest absolute Gasteiger partial charge is 0.289 e. The van der Waals surface area contributed by atoms with Crippen molar-refractivity contribution in [3.8, 4) is 57.7 Å². The fraction of sp³-hybridized carbons (Fsp3) is 0.0714. The monoisotopic (exact) mass is 602 g/mol. The van der Waals surface area contributed by atoms with Crippen molar-refractivity contribution in [1.29, 1.82) is 21.0 Å². The zero-order valence-electron chi connectivity index (χ0n) is 25.5. The predicted octanol–water partition coefficient (Wildman–Crippen LogP) is 9.41. The van der Waals surface area contributed by atoms with Crippen molar-refractivity contribution in [2.24, 2.45) is 5.92 Å². The number of hydrogen-bond acceptors (Lipinski definition) is 5. The van der Waals surface area contributed by atoms with Crippen LogP contribution in [0, 0.1) is 51.2 Å². The number of nitrogens with zero attached hydrogens (tertiary/aromatic N) is 4. The Bertz CT molecular complexity index is 2240. The van der Waals surface area contributed by atoms with E-state index < -0.39 is 0 Å². The lowest BCUT2D eigenvalue weighted by atomic mass is 9.85. The van der Waals surface area contributed by atoms with E-state index in [-0.39, 0.29) is 11.7 Å². The molecule has 47 heavy (non-hydrogen) atoms. The van der Waals surface area contributed by atoms with Crippen LogP contribution in [0.25, 0.3) is 39.0 Å². The number of carbonyl (C=O) groups excluding carboxylic acids is 1. The van der Waals surface area contributed by atoms with Gasteiger partial charge in [0.15, 0.2) is 5.78 Å². The molecule has 5 aromatic carbocycles. The molecule has 0 heterocycles. The first-order chi connectivity index (χ1) is 22.9. The Morgan fingerprint density at radius 3 is 1.40 bits per heavy atom. The van der Waals surface area contributed by atoms with Gasteiger partial charge in [-0.1, -0.05) is 49.4 Å². The summed E-state index contributed by atoms with van der Waals surface area (Å²) in [6.45, 7) is 2.06. The van der Waals surface area contributed by atoms with Crippen molar-refractivity contribution in [3.63, 3.8) is 0 Å². The molecule has 220 valence electrons. The summed E-state index contributed by atoms with van der Waals surface area (Å²) in [6, 6.07) is 41.9. The fourth-order valence-corrected chi connectivity index (χ4v) is 5.95. The first kappa shape index (κ1) is 30.2. The van der Waals surface area contributed by atoms with E-state index in [4.69, 9.17) is 0 Å². The highest BCUT2D eigenvalue weighted by molar-refractivity contribution is 6.11. The molecule has 6 rings (SSSR count). The van der Waals surface area contributed by atoms with Gasteiger partial charge in [-0.15, -0.1) is 0 Å². The van der Waals surface area contributed by atoms with Crippen LogP contribution in [0.4, 0.5) is 0 Å². The molecule has 0 bridgehead atoms. The highest BCUT2D eigenvalue weighted by Crippen LogP contribution is 2.35. The summed E-state index contributed by atoms with van der Waals surface area (Å²) in [4.78, 5) is 14.5. The minimum atomic E-state index is -0.207. The van der Waals surface area contributed by atoms with Gasteiger partial charge < -0.3 is 0 Å². The molecule has 0 aromatic heterocycles. The lowest BCUT2D eigenvalue weighted by molar-refractivity contribution is 0.103. The smallest absolute Gasteiger partial charge is 0.193 e. The van der Waals surface area contributed by atoms with Crippen LogP contribution in [0.15, 0.2) is 127 Å². The summed E-state index contributed by atoms with van der Waals surface area (Å²) in [6.07, 6.45) is 4.54. The van der Waals surface area contributed by atoms with E-state index in [1.165, 1.54) is 0 Å². The number of benzene rings is 5. The molecule has 0 saturated carbocycles. The molecular formula is C42H26N4O. The maximum Gasteiger partial charge on any atom is 0.193 e. The van der Waals surface area contributed by atoms with Crippen LogP contribution < -0.4 is 0 Å². The molecule has 0 fully saturated rings. The van der Waals surface area contributed by atoms with Crippen LogP contribution >= 0.6 is 0 Å². The van der Waals surface area contributed by atoms with Crippen molar-refractivity contribution in [3.05, 3.63) is 160 Å². The molecule has 5 heteroatoms. The van der Waals surface area contributed by atoms with Crippen molar-refractivity contribution >= 4 is 11.4 Å². The van der Waals surface area contributed by atoms with Gasteiger partial charge in [-0.25, -0.2) is 0 Å². The molecule has 0 radical (unpaired) electrons. The lowest BCUT2D eigenvalue weighted by Crippen LogP contribution is -2.06. The predicted molar refractivity (Wildman–Crippen MR) is 182 cm³/mol. The van der Waals surface area contributed by atoms with Crippen molar-refractivity contribution in [1.82, 2.24) is 0 Å². The summed E-state index contributed by atoms with van der Waals surface area (Å²) in [5.74, 6) is -0.0528. The Kier molecular flexibility index (Phi) is 8.40. The second-order valence-corrected chi connectivity index (χ2v) is 11.6. The topological polar surface area (TPSA) is 112 Å². The van der Waals surface area contributed by atoms with Crippen molar-refractivity contribution in [2.45, 2.75) is 13.3 Å². The van der Waals surface area contributed by atoms with Crippen LogP contribution in [0.5, 0.6) is 0 Å². The normalized spacial score (nSPS) is 13.6. The Hall–Kier alpha value is -6.79. The Morgan fingerprint density at radius 1 is 0.553 bits per heavy atom. The van der Waals surface area contributed by atoms with Gasteiger partial charge in [0, 0.05) is 16.7 Å². The minimum Gasteiger partial charge on any atom is -0.289 e. The van der Waals surface area contributed by atoms with E-state index in [1.54, 1.807) is 36.4 Å². The SMILES string of the molecule is CC1C=C(C#N)C=C(c2cc(C(=O)c3cc(-c4cccc(C#N)c4)cc(-c4cccc(C#N)c4)c3)cc(-c3cccc(C#N)c3)c2)C1. The third kappa shape index (κ3) is 6.53. The lowest BCUT2D eigenvalue weighted by Gasteiger charge is -2.19. The highest BCUT2D eigenvalue weighted by atomic mass is 16.1. The van der Waals surface area contributed by atoms with E-state index in [0.29, 0.717) is 39.8 Å². The third-order valence-corrected chi connectivity index (χ3v) is 8.20. The molecule has 5 aromatic rings. The summed E-state index contributed by atoms with van der Waals surface area (Å²) in [5, 5.41) is 38.3. The van der Waals surface area contributed by atoms with Gasteiger partial charge in [0.25, 0.3) is 0 Å². The molecule has 1 unspecified atom stereocenters. The summed E-state index contributed by atoms with van der Waals surface area (Å²) in [5.41, 5.74) is 9.48. The molecule has 0 saturated heterocycles. The third-order valence-electron chi connectivity index (χ3n) is 8.20. The number of allylic oxidation sites excluding steroid dienone is 4. The zero-order valence-corrected chi connectivity index (χ0v) is 25.5. The Labute approximate surface area is 273 Å². The van der Waals surface area contributed by atoms with Crippen LogP contribution in [0.3, 0.4) is 0 Å². The first-order valence-electron chi connectivity index (χ1n) is 15.1. The maximum absolute atomic E-state index is 14.5. The first-order valence-corrected chi connectivity index (χ1v) is 15.1. The zero-order chi connectivity index (χ0) is 32.9. The summed E-state index contributed by atoms with van der Waals surface area (Å²) < 4.78 is 0. The van der Waals surface area contributed by atoms with Gasteiger partial charge in [0.1, 0.15) is 0 Å². The second kappa shape index (κ2) is 13.1. The standard InChI is InChI=1S/C42H26N4O/c1-27-11-31(26-46)16-35(12-27)39-18-38(34-10-4-7-30(15-34)25-45)21-41(22-39)42(47)40-19-36(32-8-2-5-28(13-32)23-43)17-37(20-40)33-9-3-6-29(14-33)24-44/h2-11,13-22,27H,12H2,1H3. The van der Waals surface area contributed by atoms with E-state index in [9.17, 15) is 25.8 Å². The average molecular weight is 603 g/mol. The number of nitriles is 4. The average Bonchev–Trinajstić information content (AvgIpc) is 3.13. The van der Waals surface area contributed by atoms with Crippen LogP contribution in [0.1, 0.15) is 51.5 Å². The fourth-order valence-electron chi connectivity index (χ4n) is 5.95. The number of carbonyl (C=O) groups is 1. The molecule has 1 aliphatic carbocycles. The van der Waals surface area contributed by atoms with E-state index in [0.717, 1.165) is 44.5 Å². The van der Waals surface area contributed by atoms with Gasteiger partial charge in [0.2, 0.25) is 0 Å². The molecule has 0 spiro atoms. The number of ketones is 1. The quantitative estimate of drug-likeness (QED) is 0.180. The van der Waals surface area contributed by atoms with Crippen LogP contribution in [-0.4, -0.2) is 5.78 Å². The van der Waals surface area contributed by atoms with E-state index in [2.05, 4.69) is 31.2 Å². The Balaban J connectivity index is 1.55. The number of rotatable bonds is 6. The summed E-state index contributed by atoms with van der Waals surface area (Å²) >= 11 is 0. The van der Waals surface area contributed by atoms with Gasteiger partial charge in [-0.05, 0) is 136 Å². The highest BCUT2D eigenvalue weighted by Gasteiger charge is 2.19. The molecule has 0 N–H and O–H groups in total. The van der Waals surface area contributed by atoms with Crippen LogP contribution in [-0.2, 0) is 0 Å². The molecule has 1 aliphatic rings. The van der Waals surface area contributed by atoms with Gasteiger partial charge in [-0.3, -0.25) is 4.79 Å². The van der Waals surface area contributed by atoms with Crippen molar-refractivity contribution in [2.75, 3.05) is 0 Å². The Morgan fingerprint density at radius 2 is 0.979 bits per heavy atom. The van der Waals surface area contributed by atoms with Crippen molar-refractivity contribution < 1.29 is 4.79 Å². The molecule has 1 atom stereocenters. The summed E-state index contributed by atoms with van der Waals surface area (Å²) in [7, 11) is 0. The maximum atomic E-state index is 14.5. The van der Waals surface area contributed by atoms with Gasteiger partial charge >= 0.3 is 0 Å². The van der Waals surface area contributed by atoms with E-state index >= 15 is 0 Å². The van der Waals surface area contributed by atoms with Crippen LogP contribution in [0.2, 0.25) is 0 Å². The molecule has 0 aliphatic heterocycles. The van der Waals surface area contributed by atoms with Gasteiger partial charge in [0.05, 0.1) is 41.0 Å². The van der Waals surface area contributed by atoms with E-state index in [1.807, 2.05) is 84.9 Å². The van der Waals surface area contributed by atoms with Gasteiger partial charge in [-0.2, -0.15) is 21.0 Å². The molecule has 0 amide bonds. The molecular weight excluding hydrogens is 576 g/mol. The second-order valence-electron chi connectivity index (χ2n) is 11.6. The minimum absolute atomic E-state index is 0.155. The molecule has 5 nitrogen and oxygen atoms in total. The number of hydrogen-bond donors (Lipinski definition) is 0.